The van der Waals surface area contributed by atoms with Gasteiger partial charge in [-0.25, -0.2) is 0 Å². The van der Waals surface area contributed by atoms with Crippen LogP contribution in [0.15, 0.2) is 0 Å². The average Bonchev–Trinajstić information content (AvgIpc) is 1.63. The normalized spacial score (nSPS) is 16.8. The van der Waals surface area contributed by atoms with Crippen molar-refractivity contribution in [2.45, 2.75) is 32.4 Å². The van der Waals surface area contributed by atoms with Crippen LogP contribution in [0, 0.1) is 10.1 Å². The van der Waals surface area contributed by atoms with Gasteiger partial charge in [-0.3, -0.25) is 10.1 Å². The number of rotatable bonds is 3. The minimum absolute atomic E-state index is 0.229. The fourth-order valence-corrected chi connectivity index (χ4v) is 0.580. The van der Waals surface area contributed by atoms with E-state index in [9.17, 15) is 10.1 Å². The molecule has 0 saturated heterocycles. The number of nitrogens with zero attached hydrogens (tertiary/aromatic N) is 1. The molecule has 0 aromatic rings. The van der Waals surface area contributed by atoms with Crippen LogP contribution < -0.4 is 0 Å². The molecule has 0 aliphatic rings. The van der Waals surface area contributed by atoms with Gasteiger partial charge in [0.15, 0.2) is 0 Å². The first-order chi connectivity index (χ1) is 4.04. The molecule has 2 unspecified atom stereocenters. The Morgan fingerprint density at radius 3 is 2.22 bits per heavy atom. The molecule has 0 saturated carbocycles. The summed E-state index contributed by atoms with van der Waals surface area (Å²) in [6, 6.07) is -0.634. The summed E-state index contributed by atoms with van der Waals surface area (Å²) in [7, 11) is 0. The predicted octanol–water partition coefficient (Wildman–Crippen LogP) is 0.422. The lowest BCUT2D eigenvalue weighted by Crippen LogP contribution is -2.20. The Hall–Kier alpha value is -0.640. The first kappa shape index (κ1) is 8.36. The van der Waals surface area contributed by atoms with Crippen LogP contribution in [0.25, 0.3) is 0 Å². The van der Waals surface area contributed by atoms with Crippen molar-refractivity contribution < 1.29 is 10.0 Å². The van der Waals surface area contributed by atoms with Gasteiger partial charge in [-0.2, -0.15) is 0 Å². The van der Waals surface area contributed by atoms with E-state index < -0.39 is 17.1 Å². The molecule has 0 radical (unpaired) electrons. The zero-order chi connectivity index (χ0) is 7.44. The summed E-state index contributed by atoms with van der Waals surface area (Å²) in [5, 5.41) is 18.6. The second kappa shape index (κ2) is 3.40. The van der Waals surface area contributed by atoms with Crippen molar-refractivity contribution in [1.29, 1.82) is 0 Å². The summed E-state index contributed by atoms with van der Waals surface area (Å²) >= 11 is 0. The van der Waals surface area contributed by atoms with Crippen LogP contribution in [0.5, 0.6) is 0 Å². The molecule has 54 valence electrons. The molecular formula is C5H11NO3. The smallest absolute Gasteiger partial charge is 0.212 e. The summed E-state index contributed by atoms with van der Waals surface area (Å²) in [6.45, 7) is 3.02. The fourth-order valence-electron chi connectivity index (χ4n) is 0.580. The highest BCUT2D eigenvalue weighted by Gasteiger charge is 2.14. The lowest BCUT2D eigenvalue weighted by molar-refractivity contribution is -0.520. The molecule has 0 aromatic carbocycles. The van der Waals surface area contributed by atoms with Crippen molar-refractivity contribution in [3.63, 3.8) is 0 Å². The molecule has 0 spiro atoms. The molecule has 0 amide bonds. The number of aliphatic hydroxyl groups excluding tert-OH is 1. The van der Waals surface area contributed by atoms with Gasteiger partial charge < -0.3 is 5.11 Å². The van der Waals surface area contributed by atoms with E-state index in [1.54, 1.807) is 6.92 Å². The van der Waals surface area contributed by atoms with Crippen LogP contribution in [-0.4, -0.2) is 22.2 Å². The van der Waals surface area contributed by atoms with Crippen LogP contribution in [0.2, 0.25) is 0 Å². The number of hydrogen-bond acceptors (Lipinski definition) is 3. The van der Waals surface area contributed by atoms with E-state index in [0.717, 1.165) is 0 Å². The first-order valence-corrected chi connectivity index (χ1v) is 2.85. The topological polar surface area (TPSA) is 63.4 Å². The third-order valence-corrected chi connectivity index (χ3v) is 1.04. The van der Waals surface area contributed by atoms with Gasteiger partial charge in [-0.05, 0) is 6.92 Å². The van der Waals surface area contributed by atoms with Crippen LogP contribution in [0.3, 0.4) is 0 Å². The van der Waals surface area contributed by atoms with E-state index in [1.165, 1.54) is 6.92 Å². The highest BCUT2D eigenvalue weighted by Crippen LogP contribution is 1.99. The van der Waals surface area contributed by atoms with E-state index in [-0.39, 0.29) is 6.42 Å². The molecule has 2 atom stereocenters. The average molecular weight is 133 g/mol. The van der Waals surface area contributed by atoms with Crippen molar-refractivity contribution in [3.05, 3.63) is 10.1 Å². The molecule has 0 fully saturated rings. The van der Waals surface area contributed by atoms with Crippen LogP contribution in [-0.2, 0) is 0 Å². The van der Waals surface area contributed by atoms with Gasteiger partial charge in [-0.1, -0.05) is 0 Å². The van der Waals surface area contributed by atoms with Gasteiger partial charge in [0, 0.05) is 18.3 Å². The maximum Gasteiger partial charge on any atom is 0.212 e. The van der Waals surface area contributed by atoms with Crippen molar-refractivity contribution >= 4 is 0 Å². The summed E-state index contributed by atoms with van der Waals surface area (Å²) in [5.41, 5.74) is 0. The number of aliphatic hydroxyl groups is 1. The van der Waals surface area contributed by atoms with E-state index in [1.807, 2.05) is 0 Å². The van der Waals surface area contributed by atoms with Gasteiger partial charge in [0.2, 0.25) is 6.04 Å². The zero-order valence-electron chi connectivity index (χ0n) is 5.57. The van der Waals surface area contributed by atoms with Crippen molar-refractivity contribution in [2.24, 2.45) is 0 Å². The molecule has 1 N–H and O–H groups in total. The number of hydrogen-bond donors (Lipinski definition) is 1. The van der Waals surface area contributed by atoms with E-state index in [4.69, 9.17) is 5.11 Å². The summed E-state index contributed by atoms with van der Waals surface area (Å²) < 4.78 is 0. The molecule has 4 nitrogen and oxygen atoms in total. The van der Waals surface area contributed by atoms with Gasteiger partial charge in [0.25, 0.3) is 0 Å². The minimum atomic E-state index is -0.634. The highest BCUT2D eigenvalue weighted by atomic mass is 16.6. The lowest BCUT2D eigenvalue weighted by atomic mass is 10.2. The summed E-state index contributed by atoms with van der Waals surface area (Å²) in [4.78, 5) is 9.53. The quantitative estimate of drug-likeness (QED) is 0.448. The Labute approximate surface area is 53.6 Å². The lowest BCUT2D eigenvalue weighted by Gasteiger charge is -2.04. The Kier molecular flexibility index (Phi) is 3.16. The van der Waals surface area contributed by atoms with E-state index in [0.29, 0.717) is 0 Å². The van der Waals surface area contributed by atoms with E-state index in [2.05, 4.69) is 0 Å². The van der Waals surface area contributed by atoms with Crippen molar-refractivity contribution in [2.75, 3.05) is 0 Å². The Morgan fingerprint density at radius 2 is 2.11 bits per heavy atom. The number of nitro groups is 1. The third-order valence-electron chi connectivity index (χ3n) is 1.04. The Morgan fingerprint density at radius 1 is 1.67 bits per heavy atom. The third kappa shape index (κ3) is 3.90. The van der Waals surface area contributed by atoms with Crippen molar-refractivity contribution in [3.8, 4) is 0 Å². The van der Waals surface area contributed by atoms with Crippen LogP contribution >= 0.6 is 0 Å². The molecular weight excluding hydrogens is 122 g/mol. The van der Waals surface area contributed by atoms with Gasteiger partial charge in [0.05, 0.1) is 6.10 Å². The van der Waals surface area contributed by atoms with Crippen molar-refractivity contribution in [1.82, 2.24) is 0 Å². The SMILES string of the molecule is CC(O)CC(C)[N+](=O)[O-]. The molecule has 0 aliphatic heterocycles. The van der Waals surface area contributed by atoms with E-state index >= 15 is 0 Å². The van der Waals surface area contributed by atoms with Gasteiger partial charge >= 0.3 is 0 Å². The Balaban J connectivity index is 3.50. The highest BCUT2D eigenvalue weighted by molar-refractivity contribution is 4.53. The molecule has 4 heteroatoms. The summed E-state index contributed by atoms with van der Waals surface area (Å²) in [6.07, 6.45) is -0.349. The monoisotopic (exact) mass is 133 g/mol. The molecule has 0 heterocycles. The standard InChI is InChI=1S/C5H11NO3/c1-4(6(8)9)3-5(2)7/h4-5,7H,3H2,1-2H3. The second-order valence-corrected chi connectivity index (χ2v) is 2.22. The molecule has 0 aromatic heterocycles. The Bertz CT molecular complexity index is 102. The van der Waals surface area contributed by atoms with Crippen LogP contribution in [0.4, 0.5) is 0 Å². The van der Waals surface area contributed by atoms with Crippen LogP contribution in [0.1, 0.15) is 20.3 Å². The summed E-state index contributed by atoms with van der Waals surface area (Å²) in [5.74, 6) is 0. The molecule has 0 aliphatic carbocycles. The minimum Gasteiger partial charge on any atom is -0.393 e. The zero-order valence-corrected chi connectivity index (χ0v) is 5.57. The molecule has 9 heavy (non-hydrogen) atoms. The predicted molar refractivity (Wildman–Crippen MR) is 32.8 cm³/mol. The second-order valence-electron chi connectivity index (χ2n) is 2.22. The molecule has 0 rings (SSSR count). The van der Waals surface area contributed by atoms with Gasteiger partial charge in [0.1, 0.15) is 0 Å². The van der Waals surface area contributed by atoms with Gasteiger partial charge in [-0.15, -0.1) is 0 Å². The maximum absolute atomic E-state index is 9.93. The maximum atomic E-state index is 9.93. The molecule has 0 bridgehead atoms. The fraction of sp³-hybridized carbons (Fsp3) is 1.00. The first-order valence-electron chi connectivity index (χ1n) is 2.85. The largest absolute Gasteiger partial charge is 0.393 e.